The summed E-state index contributed by atoms with van der Waals surface area (Å²) in [4.78, 5) is 25.5. The lowest BCUT2D eigenvalue weighted by molar-refractivity contribution is 0.673. The third-order valence-corrected chi connectivity index (χ3v) is 4.84. The Kier molecular flexibility index (Phi) is 7.43. The monoisotopic (exact) mass is 481 g/mol. The van der Waals surface area contributed by atoms with Gasteiger partial charge < -0.3 is 16.0 Å². The number of benzene rings is 2. The molecule has 33 heavy (non-hydrogen) atoms. The predicted octanol–water partition coefficient (Wildman–Crippen LogP) is 5.28. The van der Waals surface area contributed by atoms with Crippen LogP contribution in [0.15, 0.2) is 60.7 Å². The first-order chi connectivity index (χ1) is 16.0. The Morgan fingerprint density at radius 1 is 0.667 bits per heavy atom. The summed E-state index contributed by atoms with van der Waals surface area (Å²) < 4.78 is 0. The SMILES string of the molecule is CC(CCc1nc(Cl)nc(Nc2ccccc2)n1)Nc1nc(Cl)nc(Nc2ccccc2)n1. The molecule has 168 valence electrons. The number of aryl methyl sites for hydroxylation is 1. The number of rotatable bonds is 9. The van der Waals surface area contributed by atoms with E-state index in [0.717, 1.165) is 11.4 Å². The summed E-state index contributed by atoms with van der Waals surface area (Å²) in [5.41, 5.74) is 1.72. The molecule has 0 radical (unpaired) electrons. The van der Waals surface area contributed by atoms with E-state index in [0.29, 0.717) is 36.5 Å². The van der Waals surface area contributed by atoms with Gasteiger partial charge in [0.25, 0.3) is 0 Å². The average molecular weight is 482 g/mol. The molecule has 4 aromatic rings. The van der Waals surface area contributed by atoms with Gasteiger partial charge in [-0.2, -0.15) is 24.9 Å². The minimum Gasteiger partial charge on any atom is -0.352 e. The Morgan fingerprint density at radius 3 is 1.79 bits per heavy atom. The third kappa shape index (κ3) is 6.96. The Morgan fingerprint density at radius 2 is 1.18 bits per heavy atom. The molecule has 1 atom stereocenters. The number of aromatic nitrogens is 6. The van der Waals surface area contributed by atoms with Crippen LogP contribution in [0.1, 0.15) is 19.2 Å². The van der Waals surface area contributed by atoms with E-state index in [2.05, 4.69) is 45.9 Å². The quantitative estimate of drug-likeness (QED) is 0.293. The minimum absolute atomic E-state index is 0.00844. The first-order valence-corrected chi connectivity index (χ1v) is 11.0. The van der Waals surface area contributed by atoms with Crippen LogP contribution in [0.3, 0.4) is 0 Å². The van der Waals surface area contributed by atoms with E-state index >= 15 is 0 Å². The van der Waals surface area contributed by atoms with Gasteiger partial charge in [-0.05, 0) is 60.8 Å². The summed E-state index contributed by atoms with van der Waals surface area (Å²) in [5, 5.41) is 9.72. The van der Waals surface area contributed by atoms with Crippen LogP contribution >= 0.6 is 23.2 Å². The van der Waals surface area contributed by atoms with Crippen LogP contribution in [0.25, 0.3) is 0 Å². The van der Waals surface area contributed by atoms with Crippen LogP contribution in [0.4, 0.5) is 29.2 Å². The van der Waals surface area contributed by atoms with E-state index in [1.54, 1.807) is 0 Å². The van der Waals surface area contributed by atoms with Gasteiger partial charge in [-0.15, -0.1) is 0 Å². The molecule has 0 aliphatic heterocycles. The summed E-state index contributed by atoms with van der Waals surface area (Å²) in [7, 11) is 0. The van der Waals surface area contributed by atoms with E-state index in [1.807, 2.05) is 67.6 Å². The van der Waals surface area contributed by atoms with Crippen molar-refractivity contribution in [2.75, 3.05) is 16.0 Å². The smallest absolute Gasteiger partial charge is 0.233 e. The molecule has 0 bridgehead atoms. The molecule has 0 saturated carbocycles. The average Bonchev–Trinajstić information content (AvgIpc) is 2.78. The lowest BCUT2D eigenvalue weighted by Crippen LogP contribution is -2.19. The second-order valence-corrected chi connectivity index (χ2v) is 7.84. The maximum Gasteiger partial charge on any atom is 0.233 e. The van der Waals surface area contributed by atoms with Crippen molar-refractivity contribution in [3.63, 3.8) is 0 Å². The summed E-state index contributed by atoms with van der Waals surface area (Å²) in [6.07, 6.45) is 1.28. The van der Waals surface area contributed by atoms with Crippen molar-refractivity contribution in [3.05, 3.63) is 77.1 Å². The van der Waals surface area contributed by atoms with Crippen molar-refractivity contribution in [2.45, 2.75) is 25.8 Å². The van der Waals surface area contributed by atoms with Crippen LogP contribution in [0.5, 0.6) is 0 Å². The highest BCUT2D eigenvalue weighted by atomic mass is 35.5. The molecule has 4 rings (SSSR count). The first-order valence-electron chi connectivity index (χ1n) is 10.3. The van der Waals surface area contributed by atoms with Crippen molar-refractivity contribution >= 4 is 52.4 Å². The van der Waals surface area contributed by atoms with E-state index in [-0.39, 0.29) is 16.6 Å². The van der Waals surface area contributed by atoms with Crippen molar-refractivity contribution in [2.24, 2.45) is 0 Å². The highest BCUT2D eigenvalue weighted by Gasteiger charge is 2.11. The molecule has 0 aliphatic carbocycles. The molecular weight excluding hydrogens is 461 g/mol. The number of halogens is 2. The normalized spacial score (nSPS) is 11.6. The molecule has 0 spiro atoms. The van der Waals surface area contributed by atoms with Crippen LogP contribution in [0.2, 0.25) is 10.6 Å². The molecule has 2 aromatic heterocycles. The van der Waals surface area contributed by atoms with E-state index < -0.39 is 0 Å². The maximum atomic E-state index is 6.10. The third-order valence-electron chi connectivity index (χ3n) is 4.50. The fraction of sp³-hybridized carbons (Fsp3) is 0.182. The summed E-state index contributed by atoms with van der Waals surface area (Å²) in [5.74, 6) is 1.72. The van der Waals surface area contributed by atoms with Crippen LogP contribution < -0.4 is 16.0 Å². The molecule has 9 nitrogen and oxygen atoms in total. The Hall–Kier alpha value is -3.56. The van der Waals surface area contributed by atoms with Crippen LogP contribution in [-0.2, 0) is 6.42 Å². The lowest BCUT2D eigenvalue weighted by Gasteiger charge is -2.14. The van der Waals surface area contributed by atoms with Crippen molar-refractivity contribution in [1.29, 1.82) is 0 Å². The molecular formula is C22H21Cl2N9. The molecule has 2 aromatic carbocycles. The maximum absolute atomic E-state index is 6.10. The second-order valence-electron chi connectivity index (χ2n) is 7.16. The highest BCUT2D eigenvalue weighted by Crippen LogP contribution is 2.17. The van der Waals surface area contributed by atoms with Gasteiger partial charge in [-0.3, -0.25) is 0 Å². The Bertz CT molecular complexity index is 1190. The van der Waals surface area contributed by atoms with Gasteiger partial charge in [0.1, 0.15) is 5.82 Å². The fourth-order valence-corrected chi connectivity index (χ4v) is 3.31. The van der Waals surface area contributed by atoms with Crippen LogP contribution in [-0.4, -0.2) is 35.9 Å². The van der Waals surface area contributed by atoms with Gasteiger partial charge in [0.15, 0.2) is 0 Å². The number of para-hydroxylation sites is 2. The van der Waals surface area contributed by atoms with Crippen molar-refractivity contribution in [3.8, 4) is 0 Å². The summed E-state index contributed by atoms with van der Waals surface area (Å²) >= 11 is 12.2. The fourth-order valence-electron chi connectivity index (χ4n) is 2.97. The molecule has 1 unspecified atom stereocenters. The topological polar surface area (TPSA) is 113 Å². The minimum atomic E-state index is 0.00844. The van der Waals surface area contributed by atoms with Crippen LogP contribution in [0, 0.1) is 0 Å². The standard InChI is InChI=1S/C22H21Cl2N9/c1-14(25-20-31-19(24)32-22(33-20)27-16-10-6-3-7-11-16)12-13-17-28-18(23)30-21(29-17)26-15-8-4-2-5-9-15/h2-11,14H,12-13H2,1H3,(H,26,28,29,30)(H2,25,27,31,32,33). The zero-order valence-electron chi connectivity index (χ0n) is 17.7. The molecule has 11 heteroatoms. The van der Waals surface area contributed by atoms with Gasteiger partial charge >= 0.3 is 0 Å². The molecule has 0 aliphatic rings. The van der Waals surface area contributed by atoms with Gasteiger partial charge in [0, 0.05) is 23.8 Å². The van der Waals surface area contributed by atoms with E-state index in [4.69, 9.17) is 23.2 Å². The molecule has 2 heterocycles. The first kappa shape index (κ1) is 22.6. The number of nitrogens with zero attached hydrogens (tertiary/aromatic N) is 6. The summed E-state index contributed by atoms with van der Waals surface area (Å²) in [6.45, 7) is 2.01. The molecule has 0 fully saturated rings. The van der Waals surface area contributed by atoms with Gasteiger partial charge in [-0.1, -0.05) is 36.4 Å². The second kappa shape index (κ2) is 10.8. The highest BCUT2D eigenvalue weighted by molar-refractivity contribution is 6.28. The van der Waals surface area contributed by atoms with E-state index in [1.165, 1.54) is 0 Å². The zero-order valence-corrected chi connectivity index (χ0v) is 19.2. The lowest BCUT2D eigenvalue weighted by atomic mass is 10.2. The number of hydrogen-bond acceptors (Lipinski definition) is 9. The Balaban J connectivity index is 1.37. The van der Waals surface area contributed by atoms with Gasteiger partial charge in [0.05, 0.1) is 0 Å². The Labute approximate surface area is 201 Å². The zero-order chi connectivity index (χ0) is 23.0. The number of nitrogens with one attached hydrogen (secondary N) is 3. The van der Waals surface area contributed by atoms with E-state index in [9.17, 15) is 0 Å². The van der Waals surface area contributed by atoms with Crippen molar-refractivity contribution in [1.82, 2.24) is 29.9 Å². The predicted molar refractivity (Wildman–Crippen MR) is 131 cm³/mol. The molecule has 3 N–H and O–H groups in total. The largest absolute Gasteiger partial charge is 0.352 e. The van der Waals surface area contributed by atoms with Gasteiger partial charge in [0.2, 0.25) is 28.4 Å². The molecule has 0 amide bonds. The number of hydrogen-bond donors (Lipinski definition) is 3. The number of anilines is 5. The molecule has 0 saturated heterocycles. The van der Waals surface area contributed by atoms with Crippen molar-refractivity contribution < 1.29 is 0 Å². The van der Waals surface area contributed by atoms with Gasteiger partial charge in [-0.25, -0.2) is 4.98 Å². The summed E-state index contributed by atoms with van der Waals surface area (Å²) in [6, 6.07) is 19.2.